The van der Waals surface area contributed by atoms with E-state index in [0.29, 0.717) is 31.6 Å². The maximum absolute atomic E-state index is 12.8. The molecule has 1 atom stereocenters. The first kappa shape index (κ1) is 23.0. The van der Waals surface area contributed by atoms with Gasteiger partial charge in [-0.05, 0) is 51.7 Å². The third-order valence-corrected chi connectivity index (χ3v) is 6.24. The van der Waals surface area contributed by atoms with Crippen LogP contribution < -0.4 is 10.2 Å². The van der Waals surface area contributed by atoms with E-state index in [2.05, 4.69) is 15.2 Å². The summed E-state index contributed by atoms with van der Waals surface area (Å²) in [5.41, 5.74) is 0.569. The molecule has 0 aromatic carbocycles. The van der Waals surface area contributed by atoms with Crippen LogP contribution in [0.5, 0.6) is 0 Å². The maximum atomic E-state index is 12.8. The summed E-state index contributed by atoms with van der Waals surface area (Å²) in [5, 5.41) is 2.94. The van der Waals surface area contributed by atoms with Gasteiger partial charge in [0.15, 0.2) is 0 Å². The second kappa shape index (κ2) is 11.1. The van der Waals surface area contributed by atoms with E-state index in [1.165, 1.54) is 0 Å². The lowest BCUT2D eigenvalue weighted by Crippen LogP contribution is -2.45. The molecule has 2 aliphatic heterocycles. The number of hydrogen-bond acceptors (Lipinski definition) is 5. The van der Waals surface area contributed by atoms with E-state index in [-0.39, 0.29) is 23.6 Å². The molecule has 0 radical (unpaired) electrons. The van der Waals surface area contributed by atoms with Crippen molar-refractivity contribution < 1.29 is 14.4 Å². The molecule has 2 saturated heterocycles. The molecule has 3 heterocycles. The highest BCUT2D eigenvalue weighted by molar-refractivity contribution is 5.94. The smallest absolute Gasteiger partial charge is 0.251 e. The normalized spacial score (nSPS) is 18.9. The summed E-state index contributed by atoms with van der Waals surface area (Å²) >= 11 is 0. The number of piperidine rings is 1. The minimum atomic E-state index is -0.135. The summed E-state index contributed by atoms with van der Waals surface area (Å²) < 4.78 is 0. The molecular formula is C23H35N5O3. The minimum absolute atomic E-state index is 0.0266. The van der Waals surface area contributed by atoms with Gasteiger partial charge in [0.1, 0.15) is 5.82 Å². The average molecular weight is 430 g/mol. The predicted octanol–water partition coefficient (Wildman–Crippen LogP) is 1.91. The highest BCUT2D eigenvalue weighted by Crippen LogP contribution is 2.24. The monoisotopic (exact) mass is 429 g/mol. The summed E-state index contributed by atoms with van der Waals surface area (Å²) in [5.74, 6) is 1.00. The molecule has 170 valence electrons. The van der Waals surface area contributed by atoms with Gasteiger partial charge in [-0.1, -0.05) is 0 Å². The molecule has 1 aromatic heterocycles. The van der Waals surface area contributed by atoms with Crippen LogP contribution >= 0.6 is 0 Å². The largest absolute Gasteiger partial charge is 0.356 e. The molecule has 1 N–H and O–H groups in total. The van der Waals surface area contributed by atoms with Crippen LogP contribution in [0.2, 0.25) is 0 Å². The van der Waals surface area contributed by atoms with Crippen molar-refractivity contribution >= 4 is 23.5 Å². The first-order valence-electron chi connectivity index (χ1n) is 11.6. The first-order valence-corrected chi connectivity index (χ1v) is 11.6. The van der Waals surface area contributed by atoms with Crippen LogP contribution in [-0.4, -0.2) is 78.3 Å². The molecule has 0 bridgehead atoms. The lowest BCUT2D eigenvalue weighted by molar-refractivity contribution is -0.135. The molecule has 0 aliphatic carbocycles. The lowest BCUT2D eigenvalue weighted by Gasteiger charge is -2.35. The van der Waals surface area contributed by atoms with Crippen molar-refractivity contribution in [1.29, 1.82) is 0 Å². The van der Waals surface area contributed by atoms with E-state index >= 15 is 0 Å². The zero-order valence-electron chi connectivity index (χ0n) is 18.8. The Morgan fingerprint density at radius 3 is 2.74 bits per heavy atom. The lowest BCUT2D eigenvalue weighted by atomic mass is 9.96. The Hall–Kier alpha value is -2.64. The summed E-state index contributed by atoms with van der Waals surface area (Å²) in [6.45, 7) is 9.00. The highest BCUT2D eigenvalue weighted by atomic mass is 16.2. The Balaban J connectivity index is 1.53. The van der Waals surface area contributed by atoms with Crippen molar-refractivity contribution in [3.05, 3.63) is 23.9 Å². The van der Waals surface area contributed by atoms with Crippen molar-refractivity contribution in [1.82, 2.24) is 20.1 Å². The zero-order valence-corrected chi connectivity index (χ0v) is 18.8. The Bertz CT molecular complexity index is 780. The highest BCUT2D eigenvalue weighted by Gasteiger charge is 2.29. The number of nitrogens with zero attached hydrogens (tertiary/aromatic N) is 4. The van der Waals surface area contributed by atoms with Gasteiger partial charge >= 0.3 is 0 Å². The minimum Gasteiger partial charge on any atom is -0.356 e. The van der Waals surface area contributed by atoms with Crippen LogP contribution in [0.25, 0.3) is 0 Å². The van der Waals surface area contributed by atoms with Crippen LogP contribution in [0.15, 0.2) is 18.3 Å². The number of carbonyl (C=O) groups is 3. The molecule has 1 unspecified atom stereocenters. The topological polar surface area (TPSA) is 85.9 Å². The Morgan fingerprint density at radius 2 is 2.03 bits per heavy atom. The Labute approximate surface area is 185 Å². The fraction of sp³-hybridized carbons (Fsp3) is 0.652. The number of likely N-dealkylation sites (tertiary alicyclic amines) is 1. The summed E-state index contributed by atoms with van der Waals surface area (Å²) in [4.78, 5) is 47.3. The number of pyridine rings is 1. The van der Waals surface area contributed by atoms with E-state index in [4.69, 9.17) is 0 Å². The summed E-state index contributed by atoms with van der Waals surface area (Å²) in [7, 11) is 0. The fourth-order valence-corrected chi connectivity index (χ4v) is 4.43. The van der Waals surface area contributed by atoms with Crippen LogP contribution in [0.4, 0.5) is 5.82 Å². The molecule has 2 aliphatic rings. The molecule has 1 aromatic rings. The number of hydrogen-bond donors (Lipinski definition) is 1. The number of amides is 3. The van der Waals surface area contributed by atoms with Gasteiger partial charge in [-0.25, -0.2) is 4.98 Å². The van der Waals surface area contributed by atoms with Crippen LogP contribution in [0.1, 0.15) is 56.3 Å². The Morgan fingerprint density at radius 1 is 1.23 bits per heavy atom. The standard InChI is InChI=1S/C23H35N5O3/c1-3-26(4-2)23(31)19-8-5-14-28(17-19)20-16-18(10-12-24-20)22(30)25-11-7-15-27-13-6-9-21(27)29/h10,12,16,19H,3-9,11,13-15,17H2,1-2H3,(H,25,30). The molecular weight excluding hydrogens is 394 g/mol. The van der Waals surface area contributed by atoms with Crippen molar-refractivity contribution in [3.63, 3.8) is 0 Å². The quantitative estimate of drug-likeness (QED) is 0.606. The van der Waals surface area contributed by atoms with Gasteiger partial charge < -0.3 is 20.0 Å². The van der Waals surface area contributed by atoms with Crippen LogP contribution in [-0.2, 0) is 9.59 Å². The molecule has 3 rings (SSSR count). The summed E-state index contributed by atoms with van der Waals surface area (Å²) in [6.07, 6.45) is 5.81. The fourth-order valence-electron chi connectivity index (χ4n) is 4.43. The Kier molecular flexibility index (Phi) is 8.26. The van der Waals surface area contributed by atoms with Gasteiger partial charge in [0.2, 0.25) is 11.8 Å². The van der Waals surface area contributed by atoms with Crippen molar-refractivity contribution in [2.75, 3.05) is 50.7 Å². The molecule has 8 nitrogen and oxygen atoms in total. The van der Waals surface area contributed by atoms with Crippen molar-refractivity contribution in [2.24, 2.45) is 5.92 Å². The van der Waals surface area contributed by atoms with Gasteiger partial charge in [0.25, 0.3) is 5.91 Å². The number of aromatic nitrogens is 1. The third-order valence-electron chi connectivity index (χ3n) is 6.24. The molecule has 31 heavy (non-hydrogen) atoms. The number of rotatable bonds is 9. The van der Waals surface area contributed by atoms with E-state index in [9.17, 15) is 14.4 Å². The molecule has 0 saturated carbocycles. The van der Waals surface area contributed by atoms with Gasteiger partial charge in [-0.2, -0.15) is 0 Å². The van der Waals surface area contributed by atoms with E-state index in [0.717, 1.165) is 57.7 Å². The van der Waals surface area contributed by atoms with E-state index < -0.39 is 0 Å². The maximum Gasteiger partial charge on any atom is 0.251 e. The molecule has 3 amide bonds. The average Bonchev–Trinajstić information content (AvgIpc) is 3.22. The molecule has 8 heteroatoms. The van der Waals surface area contributed by atoms with Crippen molar-refractivity contribution in [2.45, 2.75) is 46.0 Å². The zero-order chi connectivity index (χ0) is 22.2. The van der Waals surface area contributed by atoms with Gasteiger partial charge in [0, 0.05) is 64.0 Å². The van der Waals surface area contributed by atoms with Gasteiger partial charge in [-0.3, -0.25) is 14.4 Å². The SMILES string of the molecule is CCN(CC)C(=O)C1CCCN(c2cc(C(=O)NCCCN3CCCC3=O)ccn2)C1. The number of carbonyl (C=O) groups excluding carboxylic acids is 3. The van der Waals surface area contributed by atoms with Crippen LogP contribution in [0.3, 0.4) is 0 Å². The van der Waals surface area contributed by atoms with E-state index in [1.54, 1.807) is 12.3 Å². The van der Waals surface area contributed by atoms with Crippen molar-refractivity contribution in [3.8, 4) is 0 Å². The number of nitrogens with one attached hydrogen (secondary N) is 1. The third kappa shape index (κ3) is 5.95. The van der Waals surface area contributed by atoms with Gasteiger partial charge in [-0.15, -0.1) is 0 Å². The first-order chi connectivity index (χ1) is 15.0. The second-order valence-corrected chi connectivity index (χ2v) is 8.29. The predicted molar refractivity (Wildman–Crippen MR) is 120 cm³/mol. The number of anilines is 1. The van der Waals surface area contributed by atoms with Crippen LogP contribution in [0, 0.1) is 5.92 Å². The summed E-state index contributed by atoms with van der Waals surface area (Å²) in [6, 6.07) is 3.52. The second-order valence-electron chi connectivity index (χ2n) is 8.29. The molecule has 0 spiro atoms. The van der Waals surface area contributed by atoms with Gasteiger partial charge in [0.05, 0.1) is 5.92 Å². The van der Waals surface area contributed by atoms with E-state index in [1.807, 2.05) is 29.7 Å². The molecule has 2 fully saturated rings.